The maximum atomic E-state index is 11.7. The van der Waals surface area contributed by atoms with Gasteiger partial charge < -0.3 is 14.8 Å². The fraction of sp³-hybridized carbons (Fsp3) is 0.0769. The topological polar surface area (TPSA) is 79.5 Å². The number of rotatable bonds is 3. The molecule has 0 bridgehead atoms. The summed E-state index contributed by atoms with van der Waals surface area (Å²) in [7, 11) is 0. The van der Waals surface area contributed by atoms with Crippen molar-refractivity contribution in [1.29, 1.82) is 0 Å². The summed E-state index contributed by atoms with van der Waals surface area (Å²) in [5.41, 5.74) is 0.551. The molecule has 2 N–H and O–H groups in total. The Bertz CT molecular complexity index is 598. The molecular formula is C13H11NO4. The van der Waals surface area contributed by atoms with E-state index in [0.717, 1.165) is 11.8 Å². The zero-order valence-corrected chi connectivity index (χ0v) is 9.42. The van der Waals surface area contributed by atoms with Crippen LogP contribution in [-0.2, 0) is 6.54 Å². The van der Waals surface area contributed by atoms with Gasteiger partial charge in [-0.25, -0.2) is 4.79 Å². The van der Waals surface area contributed by atoms with Gasteiger partial charge in [0.15, 0.2) is 0 Å². The zero-order valence-electron chi connectivity index (χ0n) is 9.42. The summed E-state index contributed by atoms with van der Waals surface area (Å²) in [4.78, 5) is 22.4. The van der Waals surface area contributed by atoms with Gasteiger partial charge in [-0.15, -0.1) is 0 Å². The molecule has 0 aliphatic rings. The standard InChI is InChI=1S/C13H11NO4/c15-11-3-1-2-9(6-11)7-14-13(17)10-4-5-12(16)18-8-10/h1-6,8,15H,7H2,(H,14,17). The molecule has 0 radical (unpaired) electrons. The van der Waals surface area contributed by atoms with Gasteiger partial charge in [-0.3, -0.25) is 4.79 Å². The van der Waals surface area contributed by atoms with E-state index in [4.69, 9.17) is 0 Å². The Labute approximate surface area is 103 Å². The molecule has 1 heterocycles. The molecule has 0 saturated heterocycles. The van der Waals surface area contributed by atoms with Crippen molar-refractivity contribution in [3.8, 4) is 5.75 Å². The predicted octanol–water partition coefficient (Wildman–Crippen LogP) is 1.28. The fourth-order valence-electron chi connectivity index (χ4n) is 1.44. The van der Waals surface area contributed by atoms with Crippen LogP contribution in [0.15, 0.2) is 51.9 Å². The van der Waals surface area contributed by atoms with Gasteiger partial charge in [-0.2, -0.15) is 0 Å². The van der Waals surface area contributed by atoms with Gasteiger partial charge in [-0.1, -0.05) is 12.1 Å². The lowest BCUT2D eigenvalue weighted by atomic mass is 10.2. The lowest BCUT2D eigenvalue weighted by Gasteiger charge is -2.05. The number of phenols is 1. The van der Waals surface area contributed by atoms with Crippen LogP contribution in [0.25, 0.3) is 0 Å². The van der Waals surface area contributed by atoms with Crippen molar-refractivity contribution in [2.24, 2.45) is 0 Å². The summed E-state index contributed by atoms with van der Waals surface area (Å²) in [6.07, 6.45) is 1.11. The number of amides is 1. The Hall–Kier alpha value is -2.56. The van der Waals surface area contributed by atoms with Gasteiger partial charge >= 0.3 is 5.63 Å². The fourth-order valence-corrected chi connectivity index (χ4v) is 1.44. The number of benzene rings is 1. The summed E-state index contributed by atoms with van der Waals surface area (Å²) in [5, 5.41) is 11.9. The van der Waals surface area contributed by atoms with Gasteiger partial charge in [0.2, 0.25) is 0 Å². The largest absolute Gasteiger partial charge is 0.508 e. The van der Waals surface area contributed by atoms with Crippen molar-refractivity contribution in [3.05, 3.63) is 64.2 Å². The SMILES string of the molecule is O=C(NCc1cccc(O)c1)c1ccc(=O)oc1. The molecule has 1 aromatic carbocycles. The average Bonchev–Trinajstić information content (AvgIpc) is 2.37. The van der Waals surface area contributed by atoms with E-state index in [1.54, 1.807) is 24.3 Å². The third-order valence-electron chi connectivity index (χ3n) is 2.33. The first kappa shape index (κ1) is 11.9. The first-order valence-electron chi connectivity index (χ1n) is 5.30. The third-order valence-corrected chi connectivity index (χ3v) is 2.33. The second-order valence-corrected chi connectivity index (χ2v) is 3.70. The minimum atomic E-state index is -0.500. The second-order valence-electron chi connectivity index (χ2n) is 3.70. The first-order chi connectivity index (χ1) is 8.65. The highest BCUT2D eigenvalue weighted by atomic mass is 16.4. The maximum Gasteiger partial charge on any atom is 0.335 e. The first-order valence-corrected chi connectivity index (χ1v) is 5.30. The lowest BCUT2D eigenvalue weighted by molar-refractivity contribution is 0.0948. The molecule has 0 fully saturated rings. The van der Waals surface area contributed by atoms with Crippen molar-refractivity contribution in [3.63, 3.8) is 0 Å². The number of nitrogens with one attached hydrogen (secondary N) is 1. The molecule has 5 heteroatoms. The molecule has 92 valence electrons. The molecule has 5 nitrogen and oxygen atoms in total. The summed E-state index contributed by atoms with van der Waals surface area (Å²) in [5.74, 6) is -0.199. The van der Waals surface area contributed by atoms with Gasteiger partial charge in [0.05, 0.1) is 5.56 Å². The van der Waals surface area contributed by atoms with Crippen LogP contribution in [0.5, 0.6) is 5.75 Å². The molecule has 0 spiro atoms. The Balaban J connectivity index is 2.00. The van der Waals surface area contributed by atoms with Gasteiger partial charge in [0.1, 0.15) is 12.0 Å². The van der Waals surface area contributed by atoms with Crippen LogP contribution in [0, 0.1) is 0 Å². The van der Waals surface area contributed by atoms with Gasteiger partial charge in [0.25, 0.3) is 5.91 Å². The molecule has 2 aromatic rings. The smallest absolute Gasteiger partial charge is 0.335 e. The van der Waals surface area contributed by atoms with E-state index >= 15 is 0 Å². The van der Waals surface area contributed by atoms with Gasteiger partial charge in [0, 0.05) is 12.6 Å². The number of carbonyl (C=O) groups is 1. The molecule has 0 saturated carbocycles. The summed E-state index contributed by atoms with van der Waals surface area (Å²) < 4.78 is 4.59. The maximum absolute atomic E-state index is 11.7. The van der Waals surface area contributed by atoms with E-state index < -0.39 is 5.63 Å². The number of phenolic OH excluding ortho intramolecular Hbond substituents is 1. The molecule has 2 rings (SSSR count). The zero-order chi connectivity index (χ0) is 13.0. The van der Waals surface area contributed by atoms with E-state index in [-0.39, 0.29) is 23.8 Å². The molecule has 0 aliphatic heterocycles. The van der Waals surface area contributed by atoms with Crippen LogP contribution in [0.2, 0.25) is 0 Å². The van der Waals surface area contributed by atoms with E-state index in [1.807, 2.05) is 0 Å². The van der Waals surface area contributed by atoms with Crippen molar-refractivity contribution in [2.45, 2.75) is 6.54 Å². The highest BCUT2D eigenvalue weighted by Gasteiger charge is 2.06. The third kappa shape index (κ3) is 2.98. The van der Waals surface area contributed by atoms with E-state index in [9.17, 15) is 14.7 Å². The quantitative estimate of drug-likeness (QED) is 0.853. The van der Waals surface area contributed by atoms with Crippen molar-refractivity contribution >= 4 is 5.91 Å². The Morgan fingerprint density at radius 1 is 1.28 bits per heavy atom. The van der Waals surface area contributed by atoms with E-state index in [1.165, 1.54) is 12.1 Å². The average molecular weight is 245 g/mol. The normalized spacial score (nSPS) is 10.0. The minimum absolute atomic E-state index is 0.146. The van der Waals surface area contributed by atoms with Gasteiger partial charge in [-0.05, 0) is 23.8 Å². The van der Waals surface area contributed by atoms with Crippen molar-refractivity contribution in [2.75, 3.05) is 0 Å². The van der Waals surface area contributed by atoms with Crippen LogP contribution >= 0.6 is 0 Å². The van der Waals surface area contributed by atoms with Crippen LogP contribution in [0.4, 0.5) is 0 Å². The molecule has 1 amide bonds. The molecule has 18 heavy (non-hydrogen) atoms. The number of hydrogen-bond acceptors (Lipinski definition) is 4. The molecule has 0 unspecified atom stereocenters. The lowest BCUT2D eigenvalue weighted by Crippen LogP contribution is -2.23. The highest BCUT2D eigenvalue weighted by molar-refractivity contribution is 5.93. The van der Waals surface area contributed by atoms with Crippen molar-refractivity contribution < 1.29 is 14.3 Å². The van der Waals surface area contributed by atoms with Crippen LogP contribution < -0.4 is 10.9 Å². The molecular weight excluding hydrogens is 234 g/mol. The second kappa shape index (κ2) is 5.18. The highest BCUT2D eigenvalue weighted by Crippen LogP contribution is 2.10. The predicted molar refractivity (Wildman–Crippen MR) is 64.3 cm³/mol. The summed E-state index contributed by atoms with van der Waals surface area (Å²) >= 11 is 0. The molecule has 1 aromatic heterocycles. The summed E-state index contributed by atoms with van der Waals surface area (Å²) in [6.45, 7) is 0.284. The van der Waals surface area contributed by atoms with E-state index in [0.29, 0.717) is 0 Å². The monoisotopic (exact) mass is 245 g/mol. The summed E-state index contributed by atoms with van der Waals surface area (Å²) in [6, 6.07) is 9.17. The molecule has 0 atom stereocenters. The Kier molecular flexibility index (Phi) is 3.43. The Morgan fingerprint density at radius 2 is 2.11 bits per heavy atom. The van der Waals surface area contributed by atoms with Crippen molar-refractivity contribution in [1.82, 2.24) is 5.32 Å². The van der Waals surface area contributed by atoms with Crippen LogP contribution in [-0.4, -0.2) is 11.0 Å². The molecule has 0 aliphatic carbocycles. The number of hydrogen-bond donors (Lipinski definition) is 2. The Morgan fingerprint density at radius 3 is 2.78 bits per heavy atom. The number of aromatic hydroxyl groups is 1. The minimum Gasteiger partial charge on any atom is -0.508 e. The van der Waals surface area contributed by atoms with Crippen LogP contribution in [0.3, 0.4) is 0 Å². The van der Waals surface area contributed by atoms with Crippen LogP contribution in [0.1, 0.15) is 15.9 Å². The van der Waals surface area contributed by atoms with E-state index in [2.05, 4.69) is 9.73 Å². The number of carbonyl (C=O) groups excluding carboxylic acids is 1.